The SMILES string of the molecule is COc1ccccc1S(=O)(=O)NCC(O)[C@H]1COC(C)(C)O1. The van der Waals surface area contributed by atoms with Gasteiger partial charge in [0.05, 0.1) is 19.8 Å². The van der Waals surface area contributed by atoms with Crippen molar-refractivity contribution in [2.45, 2.75) is 36.7 Å². The fraction of sp³-hybridized carbons (Fsp3) is 0.571. The van der Waals surface area contributed by atoms with Crippen LogP contribution in [0.15, 0.2) is 29.2 Å². The number of hydrogen-bond acceptors (Lipinski definition) is 6. The van der Waals surface area contributed by atoms with E-state index in [2.05, 4.69) is 4.72 Å². The van der Waals surface area contributed by atoms with Gasteiger partial charge in [-0.1, -0.05) is 12.1 Å². The fourth-order valence-electron chi connectivity index (χ4n) is 2.15. The molecular formula is C14H21NO6S. The van der Waals surface area contributed by atoms with Crippen LogP contribution in [0.1, 0.15) is 13.8 Å². The topological polar surface area (TPSA) is 94.1 Å². The summed E-state index contributed by atoms with van der Waals surface area (Å²) in [6, 6.07) is 6.27. The largest absolute Gasteiger partial charge is 0.495 e. The third-order valence-electron chi connectivity index (χ3n) is 3.30. The van der Waals surface area contributed by atoms with Crippen molar-refractivity contribution >= 4 is 10.0 Å². The van der Waals surface area contributed by atoms with Gasteiger partial charge < -0.3 is 19.3 Å². The molecule has 1 aromatic rings. The van der Waals surface area contributed by atoms with Gasteiger partial charge in [0.15, 0.2) is 5.79 Å². The van der Waals surface area contributed by atoms with E-state index in [0.717, 1.165) is 0 Å². The van der Waals surface area contributed by atoms with Crippen LogP contribution in [0.25, 0.3) is 0 Å². The van der Waals surface area contributed by atoms with Crippen LogP contribution in [0.4, 0.5) is 0 Å². The highest BCUT2D eigenvalue weighted by atomic mass is 32.2. The van der Waals surface area contributed by atoms with E-state index in [9.17, 15) is 13.5 Å². The zero-order valence-corrected chi connectivity index (χ0v) is 13.6. The second-order valence-electron chi connectivity index (χ2n) is 5.44. The molecule has 0 radical (unpaired) electrons. The van der Waals surface area contributed by atoms with E-state index in [1.807, 2.05) is 0 Å². The molecule has 124 valence electrons. The van der Waals surface area contributed by atoms with Crippen molar-refractivity contribution in [3.05, 3.63) is 24.3 Å². The summed E-state index contributed by atoms with van der Waals surface area (Å²) in [7, 11) is -2.39. The van der Waals surface area contributed by atoms with Gasteiger partial charge in [-0.2, -0.15) is 0 Å². The van der Waals surface area contributed by atoms with Gasteiger partial charge in [0.25, 0.3) is 0 Å². The third kappa shape index (κ3) is 3.96. The molecule has 0 aromatic heterocycles. The molecule has 1 fully saturated rings. The number of benzene rings is 1. The highest BCUT2D eigenvalue weighted by molar-refractivity contribution is 7.89. The smallest absolute Gasteiger partial charge is 0.244 e. The van der Waals surface area contributed by atoms with Gasteiger partial charge in [0, 0.05) is 6.54 Å². The van der Waals surface area contributed by atoms with Crippen molar-refractivity contribution in [3.8, 4) is 5.75 Å². The number of aliphatic hydroxyl groups is 1. The van der Waals surface area contributed by atoms with Gasteiger partial charge in [-0.15, -0.1) is 0 Å². The monoisotopic (exact) mass is 331 g/mol. The second-order valence-corrected chi connectivity index (χ2v) is 7.17. The first-order valence-corrected chi connectivity index (χ1v) is 8.36. The minimum absolute atomic E-state index is 0.0219. The molecule has 2 N–H and O–H groups in total. The van der Waals surface area contributed by atoms with Gasteiger partial charge in [0.1, 0.15) is 16.7 Å². The maximum Gasteiger partial charge on any atom is 0.244 e. The summed E-state index contributed by atoms with van der Waals surface area (Å²) < 4.78 is 42.8. The zero-order valence-electron chi connectivity index (χ0n) is 12.8. The molecular weight excluding hydrogens is 310 g/mol. The molecule has 1 aliphatic heterocycles. The van der Waals surface area contributed by atoms with Crippen molar-refractivity contribution in [3.63, 3.8) is 0 Å². The normalized spacial score (nSPS) is 22.5. The first kappa shape index (κ1) is 17.2. The van der Waals surface area contributed by atoms with Crippen LogP contribution in [0.2, 0.25) is 0 Å². The standard InChI is InChI=1S/C14H21NO6S/c1-14(2)20-9-12(21-14)10(16)8-15-22(17,18)13-7-5-4-6-11(13)19-3/h4-7,10,12,15-16H,8-9H2,1-3H3/t10?,12-/m1/s1. The number of para-hydroxylation sites is 1. The van der Waals surface area contributed by atoms with E-state index >= 15 is 0 Å². The van der Waals surface area contributed by atoms with Crippen molar-refractivity contribution in [2.24, 2.45) is 0 Å². The Morgan fingerprint density at radius 2 is 2.14 bits per heavy atom. The molecule has 1 saturated heterocycles. The van der Waals surface area contributed by atoms with E-state index < -0.39 is 28.0 Å². The van der Waals surface area contributed by atoms with E-state index in [-0.39, 0.29) is 23.8 Å². The third-order valence-corrected chi connectivity index (χ3v) is 4.76. The lowest BCUT2D eigenvalue weighted by molar-refractivity contribution is -0.150. The van der Waals surface area contributed by atoms with Crippen LogP contribution in [-0.2, 0) is 19.5 Å². The minimum Gasteiger partial charge on any atom is -0.495 e. The predicted molar refractivity (Wildman–Crippen MR) is 79.1 cm³/mol. The minimum atomic E-state index is -3.79. The lowest BCUT2D eigenvalue weighted by Crippen LogP contribution is -2.40. The average molecular weight is 331 g/mol. The summed E-state index contributed by atoms with van der Waals surface area (Å²) in [5.74, 6) is -0.529. The summed E-state index contributed by atoms with van der Waals surface area (Å²) in [5, 5.41) is 10.1. The van der Waals surface area contributed by atoms with Crippen LogP contribution in [0, 0.1) is 0 Å². The van der Waals surface area contributed by atoms with E-state index in [1.165, 1.54) is 13.2 Å². The fourth-order valence-corrected chi connectivity index (χ4v) is 3.37. The molecule has 0 saturated carbocycles. The Bertz CT molecular complexity index is 616. The first-order chi connectivity index (χ1) is 10.2. The Balaban J connectivity index is 2.01. The van der Waals surface area contributed by atoms with Crippen molar-refractivity contribution in [1.29, 1.82) is 0 Å². The van der Waals surface area contributed by atoms with Crippen LogP contribution >= 0.6 is 0 Å². The zero-order chi connectivity index (χ0) is 16.4. The molecule has 0 amide bonds. The molecule has 1 aromatic carbocycles. The lowest BCUT2D eigenvalue weighted by Gasteiger charge is -2.20. The summed E-state index contributed by atoms with van der Waals surface area (Å²) in [4.78, 5) is 0.0219. The van der Waals surface area contributed by atoms with Crippen molar-refractivity contribution in [2.75, 3.05) is 20.3 Å². The highest BCUT2D eigenvalue weighted by Crippen LogP contribution is 2.25. The first-order valence-electron chi connectivity index (χ1n) is 6.88. The predicted octanol–water partition coefficient (Wildman–Crippen LogP) is 0.486. The molecule has 0 bridgehead atoms. The van der Waals surface area contributed by atoms with Gasteiger partial charge in [-0.05, 0) is 26.0 Å². The number of sulfonamides is 1. The van der Waals surface area contributed by atoms with Gasteiger partial charge in [0.2, 0.25) is 10.0 Å². The Kier molecular flexibility index (Phi) is 5.08. The molecule has 1 aliphatic rings. The maximum atomic E-state index is 12.3. The quantitative estimate of drug-likeness (QED) is 0.788. The number of rotatable bonds is 6. The number of ether oxygens (including phenoxy) is 3. The van der Waals surface area contributed by atoms with E-state index in [1.54, 1.807) is 32.0 Å². The Morgan fingerprint density at radius 3 is 2.73 bits per heavy atom. The molecule has 2 rings (SSSR count). The summed E-state index contributed by atoms with van der Waals surface area (Å²) in [6.07, 6.45) is -1.58. The van der Waals surface area contributed by atoms with Gasteiger partial charge in [-0.25, -0.2) is 13.1 Å². The molecule has 0 aliphatic carbocycles. The number of aliphatic hydroxyl groups excluding tert-OH is 1. The molecule has 22 heavy (non-hydrogen) atoms. The molecule has 7 nitrogen and oxygen atoms in total. The van der Waals surface area contributed by atoms with Crippen molar-refractivity contribution in [1.82, 2.24) is 4.72 Å². The van der Waals surface area contributed by atoms with E-state index in [0.29, 0.717) is 0 Å². The van der Waals surface area contributed by atoms with Crippen LogP contribution < -0.4 is 9.46 Å². The molecule has 0 spiro atoms. The molecule has 1 unspecified atom stereocenters. The number of hydrogen-bond donors (Lipinski definition) is 2. The summed E-state index contributed by atoms with van der Waals surface area (Å²) in [5.41, 5.74) is 0. The average Bonchev–Trinajstić information content (AvgIpc) is 2.85. The second kappa shape index (κ2) is 6.51. The Hall–Kier alpha value is -1.19. The number of nitrogens with one attached hydrogen (secondary N) is 1. The van der Waals surface area contributed by atoms with Gasteiger partial charge >= 0.3 is 0 Å². The molecule has 8 heteroatoms. The van der Waals surface area contributed by atoms with Crippen LogP contribution in [0.3, 0.4) is 0 Å². The van der Waals surface area contributed by atoms with Crippen LogP contribution in [-0.4, -0.2) is 51.8 Å². The summed E-state index contributed by atoms with van der Waals surface area (Å²) >= 11 is 0. The molecule has 2 atom stereocenters. The highest BCUT2D eigenvalue weighted by Gasteiger charge is 2.37. The maximum absolute atomic E-state index is 12.3. The summed E-state index contributed by atoms with van der Waals surface area (Å²) in [6.45, 7) is 3.51. The van der Waals surface area contributed by atoms with Crippen molar-refractivity contribution < 1.29 is 27.7 Å². The van der Waals surface area contributed by atoms with Gasteiger partial charge in [-0.3, -0.25) is 0 Å². The Labute approximate surface area is 130 Å². The molecule has 1 heterocycles. The number of methoxy groups -OCH3 is 1. The van der Waals surface area contributed by atoms with Crippen LogP contribution in [0.5, 0.6) is 5.75 Å². The Morgan fingerprint density at radius 1 is 1.45 bits per heavy atom. The lowest BCUT2D eigenvalue weighted by atomic mass is 10.2. The van der Waals surface area contributed by atoms with E-state index in [4.69, 9.17) is 14.2 Å².